The quantitative estimate of drug-likeness (QED) is 0.0164. The first kappa shape index (κ1) is 77.3. The van der Waals surface area contributed by atoms with Gasteiger partial charge in [-0.15, -0.1) is 0 Å². The van der Waals surface area contributed by atoms with E-state index in [1.54, 1.807) is 0 Å². The van der Waals surface area contributed by atoms with E-state index >= 15 is 0 Å². The number of aromatic amines is 1. The lowest BCUT2D eigenvalue weighted by atomic mass is 10.0. The number of carboxylic acid groups (broad SMARTS) is 1. The molecule has 1 aromatic heterocycles. The third kappa shape index (κ3) is 29.4. The van der Waals surface area contributed by atoms with Gasteiger partial charge in [0.25, 0.3) is 0 Å². The molecular formula is C52H88N22O17. The van der Waals surface area contributed by atoms with E-state index in [1.165, 1.54) is 19.4 Å². The van der Waals surface area contributed by atoms with E-state index in [0.29, 0.717) is 12.1 Å². The number of carboxylic acids is 1. The zero-order valence-corrected chi connectivity index (χ0v) is 50.7. The minimum Gasteiger partial charge on any atom is -0.480 e. The van der Waals surface area contributed by atoms with Crippen LogP contribution < -0.4 is 93.3 Å². The topological polar surface area (TPSA) is 659 Å². The highest BCUT2D eigenvalue weighted by Crippen LogP contribution is 2.21. The van der Waals surface area contributed by atoms with Crippen LogP contribution in [0.2, 0.25) is 0 Å². The van der Waals surface area contributed by atoms with Gasteiger partial charge < -0.3 is 119 Å². The first-order chi connectivity index (χ1) is 43.0. The second kappa shape index (κ2) is 40.7. The number of likely N-dealkylation sites (tertiary alicyclic amines) is 1. The summed E-state index contributed by atoms with van der Waals surface area (Å²) in [5.74, 6) is -14.3. The Kier molecular flexibility index (Phi) is 34.6. The number of aliphatic hydroxyl groups is 2. The molecule has 2 heterocycles. The predicted molar refractivity (Wildman–Crippen MR) is 320 cm³/mol. The van der Waals surface area contributed by atoms with Gasteiger partial charge >= 0.3 is 5.97 Å². The number of primary amides is 2. The summed E-state index contributed by atoms with van der Waals surface area (Å²) in [7, 11) is 0. The van der Waals surface area contributed by atoms with Crippen LogP contribution in [0.1, 0.15) is 103 Å². The van der Waals surface area contributed by atoms with Crippen molar-refractivity contribution in [1.82, 2.24) is 68.0 Å². The van der Waals surface area contributed by atoms with E-state index in [1.807, 2.05) is 0 Å². The van der Waals surface area contributed by atoms with Gasteiger partial charge in [0.05, 0.1) is 19.5 Å². The predicted octanol–water partition coefficient (Wildman–Crippen LogP) is -10.7. The van der Waals surface area contributed by atoms with Crippen molar-refractivity contribution >= 4 is 94.7 Å². The monoisotopic (exact) mass is 1290 g/mol. The summed E-state index contributed by atoms with van der Waals surface area (Å²) in [6, 6.07) is -15.3. The van der Waals surface area contributed by atoms with Crippen LogP contribution in [0, 0.1) is 0 Å². The lowest BCUT2D eigenvalue weighted by Crippen LogP contribution is -2.61. The third-order valence-electron chi connectivity index (χ3n) is 13.7. The van der Waals surface area contributed by atoms with Crippen molar-refractivity contribution in [2.45, 2.75) is 164 Å². The molecule has 2 rings (SSSR count). The minimum atomic E-state index is -1.85. The summed E-state index contributed by atoms with van der Waals surface area (Å²) < 4.78 is 0. The fourth-order valence-corrected chi connectivity index (χ4v) is 8.98. The largest absolute Gasteiger partial charge is 0.480 e. The Balaban J connectivity index is 2.46. The molecule has 1 fully saturated rings. The number of hydrogen-bond donors (Lipinski definition) is 21. The van der Waals surface area contributed by atoms with Crippen molar-refractivity contribution in [3.05, 3.63) is 18.2 Å². The number of carbonyl (C=O) groups excluding carboxylic acids is 13. The molecule has 1 aliphatic heterocycles. The number of amides is 13. The van der Waals surface area contributed by atoms with Crippen molar-refractivity contribution in [2.75, 3.05) is 45.9 Å². The van der Waals surface area contributed by atoms with Crippen LogP contribution in [0.4, 0.5) is 0 Å². The zero-order chi connectivity index (χ0) is 68.3. The number of nitrogens with one attached hydrogen (secondary N) is 11. The van der Waals surface area contributed by atoms with E-state index in [4.69, 9.17) is 45.2 Å². The van der Waals surface area contributed by atoms with Crippen LogP contribution in [0.25, 0.3) is 0 Å². The molecule has 91 heavy (non-hydrogen) atoms. The highest BCUT2D eigenvalue weighted by molar-refractivity contribution is 5.99. The van der Waals surface area contributed by atoms with Crippen molar-refractivity contribution in [1.29, 1.82) is 0 Å². The zero-order valence-electron chi connectivity index (χ0n) is 50.7. The van der Waals surface area contributed by atoms with Crippen molar-refractivity contribution in [2.24, 2.45) is 50.1 Å². The van der Waals surface area contributed by atoms with Crippen LogP contribution >= 0.6 is 0 Å². The number of nitrogens with zero attached hydrogens (tertiary/aromatic N) is 4. The molecule has 10 atom stereocenters. The standard InChI is InChI=1S/C52H88N22O17/c1-26(65-27(2)77)41(82)72-35(23-75)47(88)68-31(12-14-38(54)78)45(86)66-29(8-3-4-16-53)43(84)70-33(10-6-18-62-52(58)59)50(91)74-19-7-11-37(74)49(90)73-36(24-76)48(89)69-32(13-15-39(55)79)46(87)67-30(9-5-17-61-51(56)57)44(85)71-34(20-28-21-60-25-64-28)42(83)63-22-40(80)81/h21,25-26,29-37,75-76H,3-20,22-24,53H2,1-2H3,(H2,54,78)(H2,55,79)(H,60,64)(H,63,83)(H,65,77)(H,66,86)(H,67,87)(H,68,88)(H,69,89)(H,70,84)(H,71,85)(H,72,82)(H,73,90)(H,80,81)(H4,56,57,61)(H4,58,59,62)/t26-,29-,30-,31-,32-,33-,34-,35-,36+,37-/m0/s1. The summed E-state index contributed by atoms with van der Waals surface area (Å²) in [5, 5.41) is 53.5. The lowest BCUT2D eigenvalue weighted by molar-refractivity contribution is -0.143. The minimum absolute atomic E-state index is 0.0163. The second-order valence-corrected chi connectivity index (χ2v) is 21.1. The average Bonchev–Trinajstić information content (AvgIpc) is 2.64. The Morgan fingerprint density at radius 1 is 0.582 bits per heavy atom. The number of imidazole rings is 1. The molecule has 1 aromatic rings. The van der Waals surface area contributed by atoms with Gasteiger partial charge in [-0.25, -0.2) is 4.98 Å². The Morgan fingerprint density at radius 3 is 1.46 bits per heavy atom. The Hall–Kier alpha value is -9.79. The summed E-state index contributed by atoms with van der Waals surface area (Å²) in [5.41, 5.74) is 38.8. The molecular weight excluding hydrogens is 1200 g/mol. The number of aliphatic hydroxyl groups excluding tert-OH is 2. The van der Waals surface area contributed by atoms with Crippen molar-refractivity contribution < 1.29 is 82.4 Å². The molecule has 13 amide bonds. The van der Waals surface area contributed by atoms with E-state index in [-0.39, 0.29) is 95.9 Å². The molecule has 0 aromatic carbocycles. The first-order valence-corrected chi connectivity index (χ1v) is 29.1. The molecule has 1 saturated heterocycles. The van der Waals surface area contributed by atoms with Gasteiger partial charge in [-0.2, -0.15) is 0 Å². The van der Waals surface area contributed by atoms with Gasteiger partial charge in [0.2, 0.25) is 76.8 Å². The van der Waals surface area contributed by atoms with E-state index in [2.05, 4.69) is 73.1 Å². The molecule has 0 bridgehead atoms. The summed E-state index contributed by atoms with van der Waals surface area (Å²) >= 11 is 0. The molecule has 0 radical (unpaired) electrons. The summed E-state index contributed by atoms with van der Waals surface area (Å²) in [4.78, 5) is 201. The maximum atomic E-state index is 14.7. The number of aliphatic carboxylic acids is 1. The second-order valence-electron chi connectivity index (χ2n) is 21.1. The smallest absolute Gasteiger partial charge is 0.322 e. The number of hydrogen-bond acceptors (Lipinski definition) is 20. The van der Waals surface area contributed by atoms with E-state index in [9.17, 15) is 77.3 Å². The van der Waals surface area contributed by atoms with Crippen LogP contribution in [0.3, 0.4) is 0 Å². The Bertz CT molecular complexity index is 2730. The molecule has 0 saturated carbocycles. The number of carbonyl (C=O) groups is 14. The van der Waals surface area contributed by atoms with Gasteiger partial charge in [-0.05, 0) is 84.1 Å². The fraction of sp³-hybridized carbons (Fsp3) is 0.635. The van der Waals surface area contributed by atoms with Gasteiger partial charge in [0.15, 0.2) is 11.9 Å². The average molecular weight is 1290 g/mol. The maximum absolute atomic E-state index is 14.7. The number of nitrogens with two attached hydrogens (primary N) is 7. The fourth-order valence-electron chi connectivity index (χ4n) is 8.98. The molecule has 28 N–H and O–H groups in total. The molecule has 39 nitrogen and oxygen atoms in total. The summed E-state index contributed by atoms with van der Waals surface area (Å²) in [6.45, 7) is -0.470. The molecule has 0 unspecified atom stereocenters. The van der Waals surface area contributed by atoms with Crippen LogP contribution in [-0.2, 0) is 73.5 Å². The number of aliphatic imine (C=N–C) groups is 2. The first-order valence-electron chi connectivity index (χ1n) is 29.1. The molecule has 39 heteroatoms. The number of unbranched alkanes of at least 4 members (excludes halogenated alkanes) is 1. The van der Waals surface area contributed by atoms with Gasteiger partial charge in [0, 0.05) is 57.7 Å². The number of H-pyrrole nitrogens is 1. The van der Waals surface area contributed by atoms with Crippen molar-refractivity contribution in [3.8, 4) is 0 Å². The molecule has 0 spiro atoms. The van der Waals surface area contributed by atoms with E-state index < -0.39 is 189 Å². The lowest BCUT2D eigenvalue weighted by Gasteiger charge is -2.31. The molecule has 0 aliphatic carbocycles. The van der Waals surface area contributed by atoms with Crippen LogP contribution in [-0.4, -0.2) is 231 Å². The van der Waals surface area contributed by atoms with E-state index in [0.717, 1.165) is 11.8 Å². The summed E-state index contributed by atoms with van der Waals surface area (Å²) in [6.07, 6.45) is 0.827. The molecule has 508 valence electrons. The highest BCUT2D eigenvalue weighted by atomic mass is 16.4. The van der Waals surface area contributed by atoms with Gasteiger partial charge in [-0.1, -0.05) is 0 Å². The number of rotatable bonds is 43. The van der Waals surface area contributed by atoms with Gasteiger partial charge in [0.1, 0.15) is 67.0 Å². The van der Waals surface area contributed by atoms with Crippen molar-refractivity contribution in [3.63, 3.8) is 0 Å². The van der Waals surface area contributed by atoms with Gasteiger partial charge in [-0.3, -0.25) is 77.1 Å². The maximum Gasteiger partial charge on any atom is 0.322 e. The van der Waals surface area contributed by atoms with Crippen LogP contribution in [0.15, 0.2) is 22.5 Å². The Labute approximate surface area is 522 Å². The van der Waals surface area contributed by atoms with Crippen LogP contribution in [0.5, 0.6) is 0 Å². The third-order valence-corrected chi connectivity index (χ3v) is 13.7. The normalized spacial score (nSPS) is 15.5. The highest BCUT2D eigenvalue weighted by Gasteiger charge is 2.41. The SMILES string of the molecule is CC(=O)N[C@@H](C)C(=O)N[C@@H](CO)C(=O)N[C@@H](CCC(N)=O)C(=O)N[C@@H](CCCCN)C(=O)N[C@@H](CCCN=C(N)N)C(=O)N1CCC[C@H]1C(=O)N[C@H](CO)C(=O)N[C@@H](CCC(N)=O)C(=O)N[C@@H](CCCN=C(N)N)C(=O)N[C@@H](Cc1cnc[nH]1)C(=O)NCC(=O)O. The number of guanidine groups is 2. The number of aromatic nitrogens is 2. The molecule has 1 aliphatic rings. The Morgan fingerprint density at radius 2 is 1.02 bits per heavy atom.